The second kappa shape index (κ2) is 8.00. The van der Waals surface area contributed by atoms with Crippen LogP contribution >= 0.6 is 0 Å². The fraction of sp³-hybridized carbons (Fsp3) is 0.0909. The van der Waals surface area contributed by atoms with Gasteiger partial charge >= 0.3 is 0 Å². The Balaban J connectivity index is 1.75. The molecule has 0 aliphatic rings. The van der Waals surface area contributed by atoms with E-state index in [4.69, 9.17) is 4.42 Å². The Morgan fingerprint density at radius 2 is 1.69 bits per heavy atom. The van der Waals surface area contributed by atoms with E-state index in [0.717, 1.165) is 11.1 Å². The molecule has 0 aliphatic heterocycles. The van der Waals surface area contributed by atoms with Crippen LogP contribution in [-0.2, 0) is 4.79 Å². The first-order valence-electron chi connectivity index (χ1n) is 8.30. The van der Waals surface area contributed by atoms with Gasteiger partial charge in [-0.3, -0.25) is 4.79 Å². The Kier molecular flexibility index (Phi) is 5.31. The van der Waals surface area contributed by atoms with Gasteiger partial charge in [0.2, 0.25) is 0 Å². The van der Waals surface area contributed by atoms with E-state index in [9.17, 15) is 10.1 Å². The molecule has 128 valence electrons. The summed E-state index contributed by atoms with van der Waals surface area (Å²) in [5, 5.41) is 12.2. The lowest BCUT2D eigenvalue weighted by atomic mass is 10.1. The van der Waals surface area contributed by atoms with E-state index >= 15 is 0 Å². The van der Waals surface area contributed by atoms with E-state index in [1.54, 1.807) is 6.07 Å². The zero-order valence-corrected chi connectivity index (χ0v) is 14.3. The molecule has 0 spiro atoms. The lowest BCUT2D eigenvalue weighted by molar-refractivity contribution is -0.117. The predicted octanol–water partition coefficient (Wildman–Crippen LogP) is 4.73. The summed E-state index contributed by atoms with van der Waals surface area (Å²) in [6.07, 6.45) is 1.46. The maximum atomic E-state index is 12.4. The van der Waals surface area contributed by atoms with Gasteiger partial charge in [0.15, 0.2) is 0 Å². The Morgan fingerprint density at radius 1 is 1.04 bits per heavy atom. The van der Waals surface area contributed by atoms with Gasteiger partial charge in [-0.25, -0.2) is 0 Å². The fourth-order valence-corrected chi connectivity index (χ4v) is 2.58. The van der Waals surface area contributed by atoms with Gasteiger partial charge in [0.1, 0.15) is 23.2 Å². The van der Waals surface area contributed by atoms with E-state index in [2.05, 4.69) is 5.32 Å². The highest BCUT2D eigenvalue weighted by atomic mass is 16.3. The average Bonchev–Trinajstić information content (AvgIpc) is 3.16. The van der Waals surface area contributed by atoms with Crippen molar-refractivity contribution in [2.24, 2.45) is 0 Å². The number of furan rings is 1. The third-order valence-electron chi connectivity index (χ3n) is 3.98. The highest BCUT2D eigenvalue weighted by Gasteiger charge is 2.14. The SMILES string of the molecule is C[C@H](NC(=O)/C(C#N)=C\c1ccc(-c2ccccc2)o1)c1ccccc1. The number of rotatable bonds is 5. The average molecular weight is 342 g/mol. The Morgan fingerprint density at radius 3 is 2.35 bits per heavy atom. The van der Waals surface area contributed by atoms with Gasteiger partial charge in [-0.05, 0) is 24.6 Å². The van der Waals surface area contributed by atoms with E-state index in [1.807, 2.05) is 79.7 Å². The van der Waals surface area contributed by atoms with Crippen molar-refractivity contribution in [2.45, 2.75) is 13.0 Å². The lowest BCUT2D eigenvalue weighted by Crippen LogP contribution is -2.27. The number of nitriles is 1. The van der Waals surface area contributed by atoms with Gasteiger partial charge < -0.3 is 9.73 Å². The topological polar surface area (TPSA) is 66.0 Å². The van der Waals surface area contributed by atoms with Gasteiger partial charge in [-0.15, -0.1) is 0 Å². The molecule has 1 atom stereocenters. The molecule has 1 aromatic heterocycles. The Hall–Kier alpha value is -3.58. The standard InChI is InChI=1S/C22H18N2O2/c1-16(17-8-4-2-5-9-17)24-22(25)19(15-23)14-20-12-13-21(26-20)18-10-6-3-7-11-18/h2-14,16H,1H3,(H,24,25)/b19-14-/t16-/m0/s1. The molecule has 3 rings (SSSR count). The quantitative estimate of drug-likeness (QED) is 0.538. The highest BCUT2D eigenvalue weighted by Crippen LogP contribution is 2.23. The highest BCUT2D eigenvalue weighted by molar-refractivity contribution is 6.01. The molecule has 0 aliphatic carbocycles. The monoisotopic (exact) mass is 342 g/mol. The van der Waals surface area contributed by atoms with E-state index < -0.39 is 5.91 Å². The van der Waals surface area contributed by atoms with Crippen LogP contribution in [0.5, 0.6) is 0 Å². The van der Waals surface area contributed by atoms with Crippen molar-refractivity contribution < 1.29 is 9.21 Å². The second-order valence-corrected chi connectivity index (χ2v) is 5.84. The van der Waals surface area contributed by atoms with Crippen molar-refractivity contribution in [3.8, 4) is 17.4 Å². The second-order valence-electron chi connectivity index (χ2n) is 5.84. The molecule has 0 unspecified atom stereocenters. The molecular weight excluding hydrogens is 324 g/mol. The van der Waals surface area contributed by atoms with Gasteiger partial charge in [-0.1, -0.05) is 60.7 Å². The molecule has 26 heavy (non-hydrogen) atoms. The molecule has 0 saturated carbocycles. The fourth-order valence-electron chi connectivity index (χ4n) is 2.58. The number of hydrogen-bond acceptors (Lipinski definition) is 3. The van der Waals surface area contributed by atoms with Gasteiger partial charge in [0, 0.05) is 11.6 Å². The number of carbonyl (C=O) groups excluding carboxylic acids is 1. The molecule has 0 fully saturated rings. The van der Waals surface area contributed by atoms with Crippen molar-refractivity contribution in [1.29, 1.82) is 5.26 Å². The maximum Gasteiger partial charge on any atom is 0.262 e. The maximum absolute atomic E-state index is 12.4. The summed E-state index contributed by atoms with van der Waals surface area (Å²) in [5.74, 6) is 0.719. The first-order valence-corrected chi connectivity index (χ1v) is 8.30. The molecule has 4 nitrogen and oxygen atoms in total. The summed E-state index contributed by atoms with van der Waals surface area (Å²) >= 11 is 0. The number of hydrogen-bond donors (Lipinski definition) is 1. The third-order valence-corrected chi connectivity index (χ3v) is 3.98. The van der Waals surface area contributed by atoms with Crippen LogP contribution in [0.2, 0.25) is 0 Å². The van der Waals surface area contributed by atoms with Crippen LogP contribution < -0.4 is 5.32 Å². The van der Waals surface area contributed by atoms with Crippen LogP contribution in [0.25, 0.3) is 17.4 Å². The molecule has 2 aromatic carbocycles. The van der Waals surface area contributed by atoms with E-state index in [0.29, 0.717) is 11.5 Å². The summed E-state index contributed by atoms with van der Waals surface area (Å²) in [7, 11) is 0. The minimum atomic E-state index is -0.429. The van der Waals surface area contributed by atoms with E-state index in [-0.39, 0.29) is 11.6 Å². The van der Waals surface area contributed by atoms with Gasteiger partial charge in [0.25, 0.3) is 5.91 Å². The minimum Gasteiger partial charge on any atom is -0.457 e. The van der Waals surface area contributed by atoms with Crippen LogP contribution in [0, 0.1) is 11.3 Å². The number of benzene rings is 2. The molecular formula is C22H18N2O2. The summed E-state index contributed by atoms with van der Waals surface area (Å²) < 4.78 is 5.73. The van der Waals surface area contributed by atoms with Crippen LogP contribution in [-0.4, -0.2) is 5.91 Å². The van der Waals surface area contributed by atoms with Crippen LogP contribution in [0.3, 0.4) is 0 Å². The zero-order valence-electron chi connectivity index (χ0n) is 14.3. The van der Waals surface area contributed by atoms with Crippen LogP contribution in [0.15, 0.2) is 82.8 Å². The van der Waals surface area contributed by atoms with Crippen molar-refractivity contribution in [2.75, 3.05) is 0 Å². The molecule has 0 saturated heterocycles. The van der Waals surface area contributed by atoms with Crippen molar-refractivity contribution in [3.05, 3.63) is 89.7 Å². The first kappa shape index (κ1) is 17.2. The summed E-state index contributed by atoms with van der Waals surface area (Å²) in [4.78, 5) is 12.4. The molecule has 1 heterocycles. The molecule has 3 aromatic rings. The van der Waals surface area contributed by atoms with Crippen molar-refractivity contribution in [1.82, 2.24) is 5.32 Å². The van der Waals surface area contributed by atoms with Crippen LogP contribution in [0.4, 0.5) is 0 Å². The normalized spacial score (nSPS) is 12.2. The molecule has 0 bridgehead atoms. The minimum absolute atomic E-state index is 0.00161. The summed E-state index contributed by atoms with van der Waals surface area (Å²) in [6, 6.07) is 24.6. The number of amides is 1. The summed E-state index contributed by atoms with van der Waals surface area (Å²) in [6.45, 7) is 1.88. The van der Waals surface area contributed by atoms with Gasteiger partial charge in [0.05, 0.1) is 6.04 Å². The lowest BCUT2D eigenvalue weighted by Gasteiger charge is -2.13. The number of carbonyl (C=O) groups is 1. The Bertz CT molecular complexity index is 951. The summed E-state index contributed by atoms with van der Waals surface area (Å²) in [5.41, 5.74) is 1.91. The van der Waals surface area contributed by atoms with Gasteiger partial charge in [-0.2, -0.15) is 5.26 Å². The molecule has 0 radical (unpaired) electrons. The molecule has 1 amide bonds. The predicted molar refractivity (Wildman–Crippen MR) is 101 cm³/mol. The number of nitrogens with one attached hydrogen (secondary N) is 1. The van der Waals surface area contributed by atoms with Crippen molar-refractivity contribution >= 4 is 12.0 Å². The molecule has 4 heteroatoms. The first-order chi connectivity index (χ1) is 12.7. The Labute approximate surface area is 152 Å². The third kappa shape index (κ3) is 4.08. The smallest absolute Gasteiger partial charge is 0.262 e. The van der Waals surface area contributed by atoms with Crippen molar-refractivity contribution in [3.63, 3.8) is 0 Å². The van der Waals surface area contributed by atoms with E-state index in [1.165, 1.54) is 6.08 Å². The molecule has 1 N–H and O–H groups in total. The number of nitrogens with zero attached hydrogens (tertiary/aromatic N) is 1. The zero-order chi connectivity index (χ0) is 18.4. The van der Waals surface area contributed by atoms with Crippen LogP contribution in [0.1, 0.15) is 24.3 Å². The largest absolute Gasteiger partial charge is 0.457 e.